The van der Waals surface area contributed by atoms with E-state index in [2.05, 4.69) is 83.3 Å². The zero-order valence-electron chi connectivity index (χ0n) is 19.8. The monoisotopic (exact) mass is 459 g/mol. The summed E-state index contributed by atoms with van der Waals surface area (Å²) in [5.74, 6) is 1.31. The Kier molecular flexibility index (Phi) is 8.13. The molecule has 1 aliphatic rings. The number of thioether (sulfide) groups is 1. The normalized spacial score (nSPS) is 16.9. The molecule has 0 unspecified atom stereocenters. The lowest BCUT2D eigenvalue weighted by molar-refractivity contribution is 0.225. The SMILES string of the molecule is Cc1cnc(SCc2cccnc2)nc1[C@@H]1CCCN(C/C=C/c2ccc(N(C)C)cc2)C1. The summed E-state index contributed by atoms with van der Waals surface area (Å²) in [6.07, 6.45) is 12.6. The van der Waals surface area contributed by atoms with E-state index in [1.54, 1.807) is 18.0 Å². The molecule has 33 heavy (non-hydrogen) atoms. The summed E-state index contributed by atoms with van der Waals surface area (Å²) in [5.41, 5.74) is 6.08. The Bertz CT molecular complexity index is 1050. The average Bonchev–Trinajstić information content (AvgIpc) is 2.85. The molecule has 6 heteroatoms. The van der Waals surface area contributed by atoms with Crippen LogP contribution in [0.15, 0.2) is 66.2 Å². The molecule has 0 spiro atoms. The van der Waals surface area contributed by atoms with Gasteiger partial charge in [-0.1, -0.05) is 42.1 Å². The van der Waals surface area contributed by atoms with Crippen molar-refractivity contribution in [3.8, 4) is 0 Å². The number of pyridine rings is 1. The third-order valence-electron chi connectivity index (χ3n) is 6.06. The number of piperidine rings is 1. The number of benzene rings is 1. The molecule has 5 nitrogen and oxygen atoms in total. The molecule has 3 aromatic rings. The molecule has 0 aliphatic carbocycles. The van der Waals surface area contributed by atoms with Crippen molar-refractivity contribution in [2.24, 2.45) is 0 Å². The number of nitrogens with zero attached hydrogens (tertiary/aromatic N) is 5. The number of hydrogen-bond acceptors (Lipinski definition) is 6. The summed E-state index contributed by atoms with van der Waals surface area (Å²) >= 11 is 1.69. The van der Waals surface area contributed by atoms with Crippen molar-refractivity contribution in [3.05, 3.63) is 83.4 Å². The fourth-order valence-electron chi connectivity index (χ4n) is 4.22. The number of aryl methyl sites for hydroxylation is 1. The Morgan fingerprint density at radius 1 is 1.15 bits per heavy atom. The summed E-state index contributed by atoms with van der Waals surface area (Å²) < 4.78 is 0. The van der Waals surface area contributed by atoms with Crippen LogP contribution < -0.4 is 4.90 Å². The average molecular weight is 460 g/mol. The van der Waals surface area contributed by atoms with E-state index in [0.29, 0.717) is 5.92 Å². The van der Waals surface area contributed by atoms with Crippen LogP contribution >= 0.6 is 11.8 Å². The van der Waals surface area contributed by atoms with Crippen molar-refractivity contribution in [2.45, 2.75) is 36.6 Å². The molecule has 4 rings (SSSR count). The lowest BCUT2D eigenvalue weighted by Crippen LogP contribution is -2.35. The lowest BCUT2D eigenvalue weighted by Gasteiger charge is -2.32. The Balaban J connectivity index is 1.35. The third-order valence-corrected chi connectivity index (χ3v) is 6.99. The molecular weight excluding hydrogens is 426 g/mol. The second-order valence-corrected chi connectivity index (χ2v) is 9.80. The van der Waals surface area contributed by atoms with Gasteiger partial charge in [0.25, 0.3) is 0 Å². The number of hydrogen-bond donors (Lipinski definition) is 0. The molecule has 0 radical (unpaired) electrons. The van der Waals surface area contributed by atoms with Gasteiger partial charge in [-0.3, -0.25) is 9.88 Å². The largest absolute Gasteiger partial charge is 0.378 e. The van der Waals surface area contributed by atoms with Crippen LogP contribution in [0, 0.1) is 6.92 Å². The van der Waals surface area contributed by atoms with Gasteiger partial charge in [0, 0.05) is 63.1 Å². The fourth-order valence-corrected chi connectivity index (χ4v) is 4.98. The topological polar surface area (TPSA) is 45.2 Å². The second-order valence-electron chi connectivity index (χ2n) is 8.86. The number of aromatic nitrogens is 3. The molecule has 0 amide bonds. The van der Waals surface area contributed by atoms with Crippen molar-refractivity contribution >= 4 is 23.5 Å². The van der Waals surface area contributed by atoms with E-state index >= 15 is 0 Å². The summed E-state index contributed by atoms with van der Waals surface area (Å²) in [6.45, 7) is 5.31. The van der Waals surface area contributed by atoms with Crippen LogP contribution in [0.2, 0.25) is 0 Å². The first kappa shape index (κ1) is 23.5. The maximum absolute atomic E-state index is 4.98. The van der Waals surface area contributed by atoms with Gasteiger partial charge in [-0.15, -0.1) is 0 Å². The van der Waals surface area contributed by atoms with Crippen molar-refractivity contribution < 1.29 is 0 Å². The van der Waals surface area contributed by atoms with E-state index in [0.717, 1.165) is 30.5 Å². The molecule has 2 aromatic heterocycles. The molecule has 1 atom stereocenters. The van der Waals surface area contributed by atoms with Gasteiger partial charge >= 0.3 is 0 Å². The van der Waals surface area contributed by atoms with Crippen LogP contribution in [0.3, 0.4) is 0 Å². The van der Waals surface area contributed by atoms with Gasteiger partial charge in [0.2, 0.25) is 0 Å². The summed E-state index contributed by atoms with van der Waals surface area (Å²) in [5, 5.41) is 0.859. The number of rotatable bonds is 8. The zero-order chi connectivity index (χ0) is 23.0. The first-order chi connectivity index (χ1) is 16.1. The zero-order valence-corrected chi connectivity index (χ0v) is 20.6. The van der Waals surface area contributed by atoms with Crippen LogP contribution in [0.1, 0.15) is 41.1 Å². The molecule has 0 bridgehead atoms. The Morgan fingerprint density at radius 2 is 2.00 bits per heavy atom. The van der Waals surface area contributed by atoms with Crippen LogP contribution in [0.4, 0.5) is 5.69 Å². The van der Waals surface area contributed by atoms with E-state index in [1.807, 2.05) is 18.5 Å². The van der Waals surface area contributed by atoms with Gasteiger partial charge in [0.1, 0.15) is 0 Å². The highest BCUT2D eigenvalue weighted by atomic mass is 32.2. The van der Waals surface area contributed by atoms with Gasteiger partial charge in [0.15, 0.2) is 5.16 Å². The van der Waals surface area contributed by atoms with Crippen molar-refractivity contribution in [2.75, 3.05) is 38.6 Å². The van der Waals surface area contributed by atoms with Gasteiger partial charge in [-0.05, 0) is 61.2 Å². The lowest BCUT2D eigenvalue weighted by atomic mass is 9.92. The van der Waals surface area contributed by atoms with Gasteiger partial charge < -0.3 is 4.90 Å². The maximum atomic E-state index is 4.98. The molecule has 3 heterocycles. The molecule has 0 N–H and O–H groups in total. The highest BCUT2D eigenvalue weighted by Gasteiger charge is 2.23. The minimum Gasteiger partial charge on any atom is -0.378 e. The predicted molar refractivity (Wildman–Crippen MR) is 139 cm³/mol. The van der Waals surface area contributed by atoms with E-state index in [4.69, 9.17) is 4.98 Å². The fraction of sp³-hybridized carbons (Fsp3) is 0.370. The first-order valence-corrected chi connectivity index (χ1v) is 12.6. The maximum Gasteiger partial charge on any atom is 0.188 e. The van der Waals surface area contributed by atoms with E-state index < -0.39 is 0 Å². The first-order valence-electron chi connectivity index (χ1n) is 11.6. The quantitative estimate of drug-likeness (QED) is 0.331. The van der Waals surface area contributed by atoms with Crippen LogP contribution in [0.5, 0.6) is 0 Å². The van der Waals surface area contributed by atoms with Gasteiger partial charge in [0.05, 0.1) is 5.69 Å². The molecule has 172 valence electrons. The van der Waals surface area contributed by atoms with Crippen molar-refractivity contribution in [3.63, 3.8) is 0 Å². The van der Waals surface area contributed by atoms with E-state index in [1.165, 1.54) is 40.9 Å². The molecule has 1 aliphatic heterocycles. The molecule has 1 saturated heterocycles. The highest BCUT2D eigenvalue weighted by Crippen LogP contribution is 2.29. The molecule has 1 aromatic carbocycles. The molecule has 0 saturated carbocycles. The summed E-state index contributed by atoms with van der Waals surface area (Å²) in [7, 11) is 4.14. The van der Waals surface area contributed by atoms with Gasteiger partial charge in [-0.2, -0.15) is 0 Å². The van der Waals surface area contributed by atoms with Gasteiger partial charge in [-0.25, -0.2) is 9.97 Å². The molecular formula is C27H33N5S. The van der Waals surface area contributed by atoms with Crippen LogP contribution in [-0.4, -0.2) is 53.6 Å². The minimum absolute atomic E-state index is 0.465. The predicted octanol–water partition coefficient (Wildman–Crippen LogP) is 5.43. The number of likely N-dealkylation sites (tertiary alicyclic amines) is 1. The van der Waals surface area contributed by atoms with Crippen molar-refractivity contribution in [1.29, 1.82) is 0 Å². The Hall–Kier alpha value is -2.70. The van der Waals surface area contributed by atoms with Crippen LogP contribution in [-0.2, 0) is 5.75 Å². The third kappa shape index (κ3) is 6.65. The Labute approximate surface area is 202 Å². The second kappa shape index (κ2) is 11.4. The summed E-state index contributed by atoms with van der Waals surface area (Å²) in [6, 6.07) is 12.8. The van der Waals surface area contributed by atoms with E-state index in [-0.39, 0.29) is 0 Å². The smallest absolute Gasteiger partial charge is 0.188 e. The highest BCUT2D eigenvalue weighted by molar-refractivity contribution is 7.98. The minimum atomic E-state index is 0.465. The van der Waals surface area contributed by atoms with Crippen molar-refractivity contribution in [1.82, 2.24) is 19.9 Å². The summed E-state index contributed by atoms with van der Waals surface area (Å²) in [4.78, 5) is 18.4. The molecule has 1 fully saturated rings. The standard InChI is InChI=1S/C27H33N5S/c1-21-17-29-27(33-20-23-7-4-14-28-18-23)30-26(21)24-9-6-16-32(19-24)15-5-8-22-10-12-25(13-11-22)31(2)3/h4-5,7-8,10-14,17-18,24H,6,9,15-16,19-20H2,1-3H3/b8-5+/t24-/m1/s1. The van der Waals surface area contributed by atoms with Crippen LogP contribution in [0.25, 0.3) is 6.08 Å². The Morgan fingerprint density at radius 3 is 2.76 bits per heavy atom. The number of anilines is 1. The van der Waals surface area contributed by atoms with E-state index in [9.17, 15) is 0 Å².